The molecule has 0 aliphatic heterocycles. The minimum absolute atomic E-state index is 0.163. The molecule has 0 aliphatic rings. The third-order valence-electron chi connectivity index (χ3n) is 3.03. The molecule has 0 saturated carbocycles. The van der Waals surface area contributed by atoms with E-state index in [1.807, 2.05) is 26.0 Å². The Morgan fingerprint density at radius 2 is 1.84 bits per heavy atom. The van der Waals surface area contributed by atoms with Crippen molar-refractivity contribution in [1.29, 1.82) is 0 Å². The number of hydrogen-bond donors (Lipinski definition) is 2. The normalized spacial score (nSPS) is 10.6. The van der Waals surface area contributed by atoms with Gasteiger partial charge < -0.3 is 10.1 Å². The molecule has 7 nitrogen and oxygen atoms in total. The summed E-state index contributed by atoms with van der Waals surface area (Å²) in [5.74, 6) is 0.795. The van der Waals surface area contributed by atoms with Crippen molar-refractivity contribution in [2.45, 2.75) is 19.8 Å². The number of carbonyl (C=O) groups is 2. The van der Waals surface area contributed by atoms with E-state index in [2.05, 4.69) is 20.8 Å². The molecule has 0 unspecified atom stereocenters. The third kappa shape index (κ3) is 6.02. The summed E-state index contributed by atoms with van der Waals surface area (Å²) in [6.45, 7) is 4.03. The highest BCUT2D eigenvalue weighted by Crippen LogP contribution is 2.24. The molecule has 1 aromatic heterocycles. The number of nitrogens with zero attached hydrogens (tertiary/aromatic N) is 2. The van der Waals surface area contributed by atoms with Gasteiger partial charge in [-0.15, -0.1) is 22.0 Å². The monoisotopic (exact) mass is 380 g/mol. The molecule has 25 heavy (non-hydrogen) atoms. The van der Waals surface area contributed by atoms with Crippen LogP contribution in [0.15, 0.2) is 24.3 Å². The lowest BCUT2D eigenvalue weighted by atomic mass is 10.2. The van der Waals surface area contributed by atoms with E-state index in [-0.39, 0.29) is 29.2 Å². The molecule has 1 heterocycles. The second-order valence-electron chi connectivity index (χ2n) is 5.39. The second-order valence-corrected chi connectivity index (χ2v) is 7.38. The maximum Gasteiger partial charge on any atom is 0.236 e. The van der Waals surface area contributed by atoms with Gasteiger partial charge in [-0.3, -0.25) is 14.9 Å². The van der Waals surface area contributed by atoms with Gasteiger partial charge in [-0.25, -0.2) is 0 Å². The van der Waals surface area contributed by atoms with E-state index in [1.54, 1.807) is 19.2 Å². The molecule has 2 aromatic rings. The molecule has 0 saturated heterocycles. The Hall–Kier alpha value is -2.13. The Morgan fingerprint density at radius 3 is 2.48 bits per heavy atom. The van der Waals surface area contributed by atoms with Crippen molar-refractivity contribution in [3.8, 4) is 5.75 Å². The molecular weight excluding hydrogens is 360 g/mol. The molecule has 0 atom stereocenters. The summed E-state index contributed by atoms with van der Waals surface area (Å²) in [6, 6.07) is 7.16. The van der Waals surface area contributed by atoms with Crippen molar-refractivity contribution >= 4 is 45.7 Å². The average molecular weight is 380 g/mol. The maximum absolute atomic E-state index is 12.0. The number of rotatable bonds is 8. The van der Waals surface area contributed by atoms with Crippen LogP contribution in [0.4, 0.5) is 10.8 Å². The summed E-state index contributed by atoms with van der Waals surface area (Å²) in [6.07, 6.45) is 0. The zero-order valence-electron chi connectivity index (χ0n) is 14.2. The zero-order valence-corrected chi connectivity index (χ0v) is 15.9. The van der Waals surface area contributed by atoms with E-state index in [0.717, 1.165) is 5.01 Å². The highest BCUT2D eigenvalue weighted by atomic mass is 32.2. The minimum Gasteiger partial charge on any atom is -0.495 e. The van der Waals surface area contributed by atoms with Gasteiger partial charge in [-0.2, -0.15) is 0 Å². The number of amides is 2. The van der Waals surface area contributed by atoms with Crippen LogP contribution in [0, 0.1) is 0 Å². The van der Waals surface area contributed by atoms with Gasteiger partial charge in [0.25, 0.3) is 0 Å². The van der Waals surface area contributed by atoms with Crippen LogP contribution in [0.25, 0.3) is 0 Å². The lowest BCUT2D eigenvalue weighted by Gasteiger charge is -2.09. The highest BCUT2D eigenvalue weighted by molar-refractivity contribution is 8.00. The van der Waals surface area contributed by atoms with Gasteiger partial charge in [0.1, 0.15) is 10.8 Å². The zero-order chi connectivity index (χ0) is 18.2. The molecule has 0 bridgehead atoms. The molecule has 2 rings (SSSR count). The number of carbonyl (C=O) groups excluding carboxylic acids is 2. The predicted molar refractivity (Wildman–Crippen MR) is 102 cm³/mol. The first-order valence-electron chi connectivity index (χ1n) is 7.63. The summed E-state index contributed by atoms with van der Waals surface area (Å²) in [5, 5.41) is 14.8. The van der Waals surface area contributed by atoms with E-state index in [1.165, 1.54) is 23.1 Å². The van der Waals surface area contributed by atoms with Crippen molar-refractivity contribution in [2.75, 3.05) is 29.2 Å². The lowest BCUT2D eigenvalue weighted by molar-refractivity contribution is -0.114. The van der Waals surface area contributed by atoms with E-state index in [0.29, 0.717) is 16.6 Å². The SMILES string of the molecule is COc1ccccc1NC(=O)CSCC(=O)Nc1nnc(C(C)C)s1. The smallest absolute Gasteiger partial charge is 0.236 e. The molecule has 1 aromatic carbocycles. The van der Waals surface area contributed by atoms with Crippen LogP contribution < -0.4 is 15.4 Å². The van der Waals surface area contributed by atoms with E-state index >= 15 is 0 Å². The average Bonchev–Trinajstić information content (AvgIpc) is 3.04. The number of nitrogens with one attached hydrogen (secondary N) is 2. The highest BCUT2D eigenvalue weighted by Gasteiger charge is 2.12. The number of ether oxygens (including phenoxy) is 1. The largest absolute Gasteiger partial charge is 0.495 e. The first-order chi connectivity index (χ1) is 12.0. The predicted octanol–water partition coefficient (Wildman–Crippen LogP) is 2.98. The molecule has 2 amide bonds. The molecule has 2 N–H and O–H groups in total. The summed E-state index contributed by atoms with van der Waals surface area (Å²) in [5.41, 5.74) is 0.607. The number of para-hydroxylation sites is 2. The molecule has 0 aliphatic carbocycles. The molecule has 0 radical (unpaired) electrons. The maximum atomic E-state index is 12.0. The topological polar surface area (TPSA) is 93.2 Å². The number of thioether (sulfide) groups is 1. The van der Waals surface area contributed by atoms with E-state index in [9.17, 15) is 9.59 Å². The summed E-state index contributed by atoms with van der Waals surface area (Å²) in [4.78, 5) is 23.8. The van der Waals surface area contributed by atoms with Crippen LogP contribution >= 0.6 is 23.1 Å². The Kier molecular flexibility index (Phi) is 7.20. The van der Waals surface area contributed by atoms with Crippen LogP contribution in [-0.4, -0.2) is 40.6 Å². The Morgan fingerprint density at radius 1 is 1.16 bits per heavy atom. The standard InChI is InChI=1S/C16H20N4O3S2/c1-10(2)15-19-20-16(25-15)18-14(22)9-24-8-13(21)17-11-6-4-5-7-12(11)23-3/h4-7,10H,8-9H2,1-3H3,(H,17,21)(H,18,20,22). The number of benzene rings is 1. The molecular formula is C16H20N4O3S2. The fourth-order valence-electron chi connectivity index (χ4n) is 1.84. The molecule has 0 spiro atoms. The van der Waals surface area contributed by atoms with Gasteiger partial charge in [-0.1, -0.05) is 37.3 Å². The van der Waals surface area contributed by atoms with Crippen molar-refractivity contribution in [3.63, 3.8) is 0 Å². The van der Waals surface area contributed by atoms with Crippen molar-refractivity contribution in [3.05, 3.63) is 29.3 Å². The van der Waals surface area contributed by atoms with Gasteiger partial charge in [0.15, 0.2) is 0 Å². The van der Waals surface area contributed by atoms with Crippen LogP contribution in [-0.2, 0) is 9.59 Å². The lowest BCUT2D eigenvalue weighted by Crippen LogP contribution is -2.18. The van der Waals surface area contributed by atoms with Gasteiger partial charge in [0, 0.05) is 5.92 Å². The Balaban J connectivity index is 1.74. The second kappa shape index (κ2) is 9.38. The third-order valence-corrected chi connectivity index (χ3v) is 5.10. The molecule has 134 valence electrons. The quantitative estimate of drug-likeness (QED) is 0.731. The molecule has 9 heteroatoms. The van der Waals surface area contributed by atoms with Gasteiger partial charge in [0.2, 0.25) is 16.9 Å². The Labute approximate surface area is 154 Å². The number of methoxy groups -OCH3 is 1. The van der Waals surface area contributed by atoms with Crippen LogP contribution in [0.5, 0.6) is 5.75 Å². The van der Waals surface area contributed by atoms with Gasteiger partial charge >= 0.3 is 0 Å². The van der Waals surface area contributed by atoms with Crippen LogP contribution in [0.3, 0.4) is 0 Å². The van der Waals surface area contributed by atoms with Gasteiger partial charge in [0.05, 0.1) is 24.3 Å². The van der Waals surface area contributed by atoms with E-state index in [4.69, 9.17) is 4.74 Å². The van der Waals surface area contributed by atoms with Crippen molar-refractivity contribution in [2.24, 2.45) is 0 Å². The van der Waals surface area contributed by atoms with Crippen LogP contribution in [0.2, 0.25) is 0 Å². The summed E-state index contributed by atoms with van der Waals surface area (Å²) >= 11 is 2.58. The fourth-order valence-corrected chi connectivity index (χ4v) is 3.22. The first-order valence-corrected chi connectivity index (χ1v) is 9.60. The summed E-state index contributed by atoms with van der Waals surface area (Å²) in [7, 11) is 1.54. The minimum atomic E-state index is -0.207. The van der Waals surface area contributed by atoms with Crippen LogP contribution in [0.1, 0.15) is 24.8 Å². The fraction of sp³-hybridized carbons (Fsp3) is 0.375. The Bertz CT molecular complexity index is 734. The van der Waals surface area contributed by atoms with Gasteiger partial charge in [-0.05, 0) is 12.1 Å². The number of anilines is 2. The summed E-state index contributed by atoms with van der Waals surface area (Å²) < 4.78 is 5.18. The molecule has 0 fully saturated rings. The number of hydrogen-bond acceptors (Lipinski definition) is 7. The van der Waals surface area contributed by atoms with E-state index < -0.39 is 0 Å². The number of aromatic nitrogens is 2. The first kappa shape index (κ1) is 19.2. The van der Waals surface area contributed by atoms with Crippen molar-refractivity contribution < 1.29 is 14.3 Å². The van der Waals surface area contributed by atoms with Crippen molar-refractivity contribution in [1.82, 2.24) is 10.2 Å².